The van der Waals surface area contributed by atoms with Gasteiger partial charge in [0.15, 0.2) is 0 Å². The van der Waals surface area contributed by atoms with Crippen LogP contribution in [-0.4, -0.2) is 14.9 Å². The highest BCUT2D eigenvalue weighted by atomic mass is 35.5. The third-order valence-electron chi connectivity index (χ3n) is 3.20. The number of halogens is 2. The van der Waals surface area contributed by atoms with Crippen molar-refractivity contribution in [3.63, 3.8) is 0 Å². The van der Waals surface area contributed by atoms with Gasteiger partial charge in [0.25, 0.3) is 0 Å². The molecule has 0 saturated carbocycles. The van der Waals surface area contributed by atoms with Crippen molar-refractivity contribution in [3.05, 3.63) is 82.1 Å². The molecule has 1 aromatic heterocycles. The van der Waals surface area contributed by atoms with E-state index in [9.17, 15) is 5.11 Å². The number of nitrogens with zero attached hydrogens (tertiary/aromatic N) is 2. The lowest BCUT2D eigenvalue weighted by atomic mass is 10.1. The monoisotopic (exact) mass is 318 g/mol. The van der Waals surface area contributed by atoms with Crippen LogP contribution in [0.4, 0.5) is 0 Å². The largest absolute Gasteiger partial charge is 0.384 e. The highest BCUT2D eigenvalue weighted by Crippen LogP contribution is 2.28. The van der Waals surface area contributed by atoms with Crippen molar-refractivity contribution in [2.45, 2.75) is 6.10 Å². The molecule has 21 heavy (non-hydrogen) atoms. The number of aromatic nitrogens is 2. The molecule has 0 aliphatic heterocycles. The Hall–Kier alpha value is -1.81. The first-order valence-electron chi connectivity index (χ1n) is 6.38. The smallest absolute Gasteiger partial charge is 0.107 e. The number of benzene rings is 2. The van der Waals surface area contributed by atoms with Crippen LogP contribution in [0.3, 0.4) is 0 Å². The third kappa shape index (κ3) is 2.95. The zero-order valence-electron chi connectivity index (χ0n) is 10.9. The maximum atomic E-state index is 10.4. The molecule has 0 radical (unpaired) electrons. The van der Waals surface area contributed by atoms with E-state index >= 15 is 0 Å². The fourth-order valence-corrected chi connectivity index (χ4v) is 2.38. The first-order chi connectivity index (χ1) is 10.1. The van der Waals surface area contributed by atoms with Crippen LogP contribution in [0.25, 0.3) is 5.69 Å². The number of para-hydroxylation sites is 1. The van der Waals surface area contributed by atoms with Crippen molar-refractivity contribution >= 4 is 23.2 Å². The quantitative estimate of drug-likeness (QED) is 0.783. The first kappa shape index (κ1) is 14.1. The minimum atomic E-state index is -0.794. The predicted molar refractivity (Wildman–Crippen MR) is 84.1 cm³/mol. The second-order valence-corrected chi connectivity index (χ2v) is 5.44. The number of rotatable bonds is 3. The van der Waals surface area contributed by atoms with Crippen LogP contribution in [-0.2, 0) is 0 Å². The van der Waals surface area contributed by atoms with Gasteiger partial charge in [0.2, 0.25) is 0 Å². The third-order valence-corrected chi connectivity index (χ3v) is 3.94. The molecule has 3 nitrogen and oxygen atoms in total. The van der Waals surface area contributed by atoms with Gasteiger partial charge in [0.05, 0.1) is 21.9 Å². The van der Waals surface area contributed by atoms with Crippen molar-refractivity contribution < 1.29 is 5.11 Å². The summed E-state index contributed by atoms with van der Waals surface area (Å²) in [5.41, 5.74) is 2.30. The van der Waals surface area contributed by atoms with Gasteiger partial charge in [0.1, 0.15) is 6.10 Å². The molecule has 0 aliphatic rings. The van der Waals surface area contributed by atoms with Gasteiger partial charge in [-0.15, -0.1) is 0 Å². The van der Waals surface area contributed by atoms with E-state index in [1.165, 1.54) is 0 Å². The summed E-state index contributed by atoms with van der Waals surface area (Å²) in [6.45, 7) is 0. The fraction of sp³-hybridized carbons (Fsp3) is 0.0625. The maximum absolute atomic E-state index is 10.4. The lowest BCUT2D eigenvalue weighted by Gasteiger charge is -2.09. The summed E-state index contributed by atoms with van der Waals surface area (Å²) in [7, 11) is 0. The van der Waals surface area contributed by atoms with Gasteiger partial charge >= 0.3 is 0 Å². The number of hydrogen-bond acceptors (Lipinski definition) is 2. The van der Waals surface area contributed by atoms with Gasteiger partial charge in [-0.05, 0) is 29.8 Å². The predicted octanol–water partition coefficient (Wildman–Crippen LogP) is 4.26. The fourth-order valence-electron chi connectivity index (χ4n) is 2.07. The Kier molecular flexibility index (Phi) is 3.97. The van der Waals surface area contributed by atoms with Gasteiger partial charge in [-0.25, -0.2) is 4.68 Å². The second-order valence-electron chi connectivity index (χ2n) is 4.63. The minimum absolute atomic E-state index is 0.420. The molecule has 2 aromatic carbocycles. The van der Waals surface area contributed by atoms with E-state index in [-0.39, 0.29) is 0 Å². The molecule has 0 bridgehead atoms. The summed E-state index contributed by atoms with van der Waals surface area (Å²) in [6.07, 6.45) is 2.64. The van der Waals surface area contributed by atoms with E-state index in [0.717, 1.165) is 5.69 Å². The molecule has 0 saturated heterocycles. The summed E-state index contributed by atoms with van der Waals surface area (Å²) >= 11 is 11.9. The van der Waals surface area contributed by atoms with Crippen molar-refractivity contribution in [2.75, 3.05) is 0 Å². The molecule has 0 spiro atoms. The van der Waals surface area contributed by atoms with Crippen LogP contribution in [0.1, 0.15) is 17.2 Å². The zero-order valence-corrected chi connectivity index (χ0v) is 12.5. The van der Waals surface area contributed by atoms with E-state index in [4.69, 9.17) is 23.2 Å². The van der Waals surface area contributed by atoms with Crippen molar-refractivity contribution in [2.24, 2.45) is 0 Å². The highest BCUT2D eigenvalue weighted by Gasteiger charge is 2.14. The van der Waals surface area contributed by atoms with Crippen molar-refractivity contribution in [1.29, 1.82) is 0 Å². The van der Waals surface area contributed by atoms with Gasteiger partial charge in [-0.2, -0.15) is 5.10 Å². The molecule has 1 unspecified atom stereocenters. The Bertz CT molecular complexity index is 756. The molecular formula is C16H12Cl2N2O. The molecule has 0 aliphatic carbocycles. The van der Waals surface area contributed by atoms with E-state index in [1.54, 1.807) is 35.3 Å². The van der Waals surface area contributed by atoms with Gasteiger partial charge in [-0.3, -0.25) is 0 Å². The molecule has 3 aromatic rings. The number of aliphatic hydroxyl groups is 1. The van der Waals surface area contributed by atoms with Crippen molar-refractivity contribution in [1.82, 2.24) is 9.78 Å². The zero-order chi connectivity index (χ0) is 14.8. The molecule has 1 heterocycles. The summed E-state index contributed by atoms with van der Waals surface area (Å²) in [4.78, 5) is 0. The molecule has 0 amide bonds. The lowest BCUT2D eigenvalue weighted by Crippen LogP contribution is -1.98. The van der Waals surface area contributed by atoms with Gasteiger partial charge < -0.3 is 5.11 Å². The van der Waals surface area contributed by atoms with Crippen LogP contribution < -0.4 is 0 Å². The molecular weight excluding hydrogens is 307 g/mol. The molecule has 1 N–H and O–H groups in total. The average Bonchev–Trinajstić information content (AvgIpc) is 3.00. The van der Waals surface area contributed by atoms with Crippen LogP contribution in [0.15, 0.2) is 60.9 Å². The Morgan fingerprint density at radius 1 is 0.952 bits per heavy atom. The van der Waals surface area contributed by atoms with Crippen LogP contribution in [0.5, 0.6) is 0 Å². The van der Waals surface area contributed by atoms with Crippen LogP contribution in [0.2, 0.25) is 10.0 Å². The SMILES string of the molecule is OC(c1ccc(Cl)c(Cl)c1)c1cnn(-c2ccccc2)c1. The highest BCUT2D eigenvalue weighted by molar-refractivity contribution is 6.42. The van der Waals surface area contributed by atoms with E-state index in [0.29, 0.717) is 21.2 Å². The molecule has 1 atom stereocenters. The number of aliphatic hydroxyl groups excluding tert-OH is 1. The Labute approximate surface area is 132 Å². The molecule has 106 valence electrons. The Morgan fingerprint density at radius 3 is 2.43 bits per heavy atom. The van der Waals surface area contributed by atoms with Crippen molar-refractivity contribution in [3.8, 4) is 5.69 Å². The van der Waals surface area contributed by atoms with Crippen LogP contribution >= 0.6 is 23.2 Å². The maximum Gasteiger partial charge on any atom is 0.107 e. The first-order valence-corrected chi connectivity index (χ1v) is 7.14. The normalized spacial score (nSPS) is 12.3. The standard InChI is InChI=1S/C16H12Cl2N2O/c17-14-7-6-11(8-15(14)18)16(21)12-9-19-20(10-12)13-4-2-1-3-5-13/h1-10,16,21H. The Balaban J connectivity index is 1.90. The summed E-state index contributed by atoms with van der Waals surface area (Å²) in [6, 6.07) is 14.8. The summed E-state index contributed by atoms with van der Waals surface area (Å²) < 4.78 is 1.72. The minimum Gasteiger partial charge on any atom is -0.384 e. The summed E-state index contributed by atoms with van der Waals surface area (Å²) in [5, 5.41) is 15.6. The van der Waals surface area contributed by atoms with Gasteiger partial charge in [0, 0.05) is 11.8 Å². The Morgan fingerprint density at radius 2 is 1.71 bits per heavy atom. The second kappa shape index (κ2) is 5.90. The number of hydrogen-bond donors (Lipinski definition) is 1. The van der Waals surface area contributed by atoms with E-state index < -0.39 is 6.10 Å². The summed E-state index contributed by atoms with van der Waals surface area (Å²) in [5.74, 6) is 0. The van der Waals surface area contributed by atoms with E-state index in [2.05, 4.69) is 5.10 Å². The average molecular weight is 319 g/mol. The molecule has 5 heteroatoms. The molecule has 0 fully saturated rings. The topological polar surface area (TPSA) is 38.1 Å². The van der Waals surface area contributed by atoms with Gasteiger partial charge in [-0.1, -0.05) is 47.5 Å². The molecule has 3 rings (SSSR count). The van der Waals surface area contributed by atoms with E-state index in [1.807, 2.05) is 30.3 Å². The van der Waals surface area contributed by atoms with Crippen LogP contribution in [0, 0.1) is 0 Å². The lowest BCUT2D eigenvalue weighted by molar-refractivity contribution is 0.220.